The molecule has 1 saturated heterocycles. The average Bonchev–Trinajstić information content (AvgIpc) is 3.03. The van der Waals surface area contributed by atoms with Crippen LogP contribution in [0.15, 0.2) is 54.6 Å². The minimum absolute atomic E-state index is 0.547. The third kappa shape index (κ3) is 2.39. The van der Waals surface area contributed by atoms with E-state index in [9.17, 15) is 9.90 Å². The first kappa shape index (κ1) is 18.4. The third-order valence-electron chi connectivity index (χ3n) is 7.66. The molecule has 2 aliphatic rings. The number of hydrogen-bond donors (Lipinski definition) is 1. The highest BCUT2D eigenvalue weighted by atomic mass is 16.4. The number of carbonyl (C=O) groups is 1. The van der Waals surface area contributed by atoms with E-state index in [-0.39, 0.29) is 0 Å². The number of aryl methyl sites for hydroxylation is 1. The van der Waals surface area contributed by atoms with E-state index in [1.165, 1.54) is 22.2 Å². The summed E-state index contributed by atoms with van der Waals surface area (Å²) in [6.07, 6.45) is 3.16. The highest BCUT2D eigenvalue weighted by Gasteiger charge is 2.62. The van der Waals surface area contributed by atoms with Crippen LogP contribution >= 0.6 is 0 Å². The summed E-state index contributed by atoms with van der Waals surface area (Å²) in [5.41, 5.74) is 3.43. The number of fused-ring (bicyclic) bond motifs is 5. The van der Waals surface area contributed by atoms with Crippen molar-refractivity contribution < 1.29 is 9.90 Å². The van der Waals surface area contributed by atoms with Gasteiger partial charge in [-0.2, -0.15) is 0 Å². The molecule has 2 aromatic carbocycles. The van der Waals surface area contributed by atoms with Crippen molar-refractivity contribution in [1.29, 1.82) is 0 Å². The van der Waals surface area contributed by atoms with Crippen LogP contribution in [-0.4, -0.2) is 33.6 Å². The lowest BCUT2D eigenvalue weighted by Gasteiger charge is -2.58. The van der Waals surface area contributed by atoms with Gasteiger partial charge in [-0.05, 0) is 56.3 Å². The molecule has 4 nitrogen and oxygen atoms in total. The maximum Gasteiger partial charge on any atom is 0.312 e. The van der Waals surface area contributed by atoms with Gasteiger partial charge in [-0.1, -0.05) is 48.5 Å². The van der Waals surface area contributed by atoms with Gasteiger partial charge in [-0.25, -0.2) is 0 Å². The summed E-state index contributed by atoms with van der Waals surface area (Å²) in [5.74, 6) is -0.674. The van der Waals surface area contributed by atoms with E-state index in [0.29, 0.717) is 12.8 Å². The van der Waals surface area contributed by atoms with Gasteiger partial charge in [0.2, 0.25) is 0 Å². The van der Waals surface area contributed by atoms with Crippen LogP contribution in [0.1, 0.15) is 36.6 Å². The molecule has 3 aromatic rings. The van der Waals surface area contributed by atoms with E-state index in [1.807, 2.05) is 18.2 Å². The lowest BCUT2D eigenvalue weighted by atomic mass is 9.58. The Labute approximate surface area is 171 Å². The Hall–Kier alpha value is -2.59. The molecule has 2 aliphatic heterocycles. The number of nitrogens with zero attached hydrogens (tertiary/aromatic N) is 2. The van der Waals surface area contributed by atoms with Crippen molar-refractivity contribution in [3.63, 3.8) is 0 Å². The molecular formula is C25H28N2O2. The number of carboxylic acids is 1. The Morgan fingerprint density at radius 3 is 2.55 bits per heavy atom. The monoisotopic (exact) mass is 388 g/mol. The molecule has 1 aromatic heterocycles. The summed E-state index contributed by atoms with van der Waals surface area (Å²) < 4.78 is 2.27. The van der Waals surface area contributed by atoms with Gasteiger partial charge in [-0.3, -0.25) is 9.69 Å². The summed E-state index contributed by atoms with van der Waals surface area (Å²) >= 11 is 0. The lowest BCUT2D eigenvalue weighted by molar-refractivity contribution is -0.170. The van der Waals surface area contributed by atoms with E-state index >= 15 is 0 Å². The van der Waals surface area contributed by atoms with Gasteiger partial charge in [0.05, 0.1) is 11.0 Å². The number of carboxylic acid groups (broad SMARTS) is 1. The number of para-hydroxylation sites is 1. The van der Waals surface area contributed by atoms with Crippen LogP contribution in [-0.2, 0) is 30.2 Å². The number of piperidine rings is 1. The van der Waals surface area contributed by atoms with Gasteiger partial charge in [0.1, 0.15) is 0 Å². The molecule has 4 heteroatoms. The second-order valence-electron chi connectivity index (χ2n) is 8.87. The predicted octanol–water partition coefficient (Wildman–Crippen LogP) is 4.36. The molecule has 0 saturated carbocycles. The van der Waals surface area contributed by atoms with Crippen molar-refractivity contribution in [2.24, 2.45) is 12.5 Å². The molecule has 0 bridgehead atoms. The fourth-order valence-corrected chi connectivity index (χ4v) is 6.24. The summed E-state index contributed by atoms with van der Waals surface area (Å²) in [6.45, 7) is 4.07. The second-order valence-corrected chi connectivity index (χ2v) is 8.87. The van der Waals surface area contributed by atoms with Gasteiger partial charge in [0.25, 0.3) is 0 Å². The Balaban J connectivity index is 1.78. The van der Waals surface area contributed by atoms with Crippen molar-refractivity contribution >= 4 is 16.9 Å². The van der Waals surface area contributed by atoms with Crippen LogP contribution in [0.2, 0.25) is 0 Å². The van der Waals surface area contributed by atoms with E-state index in [1.54, 1.807) is 0 Å². The summed E-state index contributed by atoms with van der Waals surface area (Å²) in [6, 6.07) is 18.7. The molecule has 150 valence electrons. The SMILES string of the molecule is Cn1c2c(c3ccccc31)CCN1CCC[C@](Cc3ccccc3)(C(=O)O)[C@]21C. The number of aromatic nitrogens is 1. The van der Waals surface area contributed by atoms with Crippen molar-refractivity contribution in [3.05, 3.63) is 71.4 Å². The first-order chi connectivity index (χ1) is 14.0. The smallest absolute Gasteiger partial charge is 0.312 e. The molecule has 2 atom stereocenters. The number of hydrogen-bond acceptors (Lipinski definition) is 2. The van der Waals surface area contributed by atoms with E-state index < -0.39 is 16.9 Å². The maximum absolute atomic E-state index is 13.0. The molecule has 5 rings (SSSR count). The van der Waals surface area contributed by atoms with Crippen LogP contribution in [0.3, 0.4) is 0 Å². The molecule has 0 aliphatic carbocycles. The maximum atomic E-state index is 13.0. The zero-order chi connectivity index (χ0) is 20.2. The molecule has 1 N–H and O–H groups in total. The van der Waals surface area contributed by atoms with Gasteiger partial charge in [0.15, 0.2) is 0 Å². The Morgan fingerprint density at radius 2 is 1.79 bits per heavy atom. The highest BCUT2D eigenvalue weighted by Crippen LogP contribution is 2.56. The molecule has 1 fully saturated rings. The zero-order valence-corrected chi connectivity index (χ0v) is 17.2. The Morgan fingerprint density at radius 1 is 1.07 bits per heavy atom. The minimum Gasteiger partial charge on any atom is -0.481 e. The summed E-state index contributed by atoms with van der Waals surface area (Å²) in [5, 5.41) is 12.0. The average molecular weight is 389 g/mol. The van der Waals surface area contributed by atoms with Crippen molar-refractivity contribution in [2.75, 3.05) is 13.1 Å². The standard InChI is InChI=1S/C25H28N2O2/c1-24-22-20(19-11-6-7-12-21(19)26(22)2)13-16-27(24)15-8-14-25(24,23(28)29)17-18-9-4-3-5-10-18/h3-7,9-12H,8,13-17H2,1-2H3,(H,28,29)/t24-,25-/m0/s1. The summed E-state index contributed by atoms with van der Waals surface area (Å²) in [4.78, 5) is 15.5. The summed E-state index contributed by atoms with van der Waals surface area (Å²) in [7, 11) is 2.11. The molecule has 0 radical (unpaired) electrons. The molecular weight excluding hydrogens is 360 g/mol. The van der Waals surface area contributed by atoms with E-state index in [2.05, 4.69) is 59.8 Å². The zero-order valence-electron chi connectivity index (χ0n) is 17.2. The van der Waals surface area contributed by atoms with Gasteiger partial charge in [-0.15, -0.1) is 0 Å². The van der Waals surface area contributed by atoms with Gasteiger partial charge < -0.3 is 9.67 Å². The number of aliphatic carboxylic acids is 1. The minimum atomic E-state index is -0.857. The molecule has 0 amide bonds. The predicted molar refractivity (Wildman–Crippen MR) is 115 cm³/mol. The second kappa shape index (κ2) is 6.46. The van der Waals surface area contributed by atoms with E-state index in [4.69, 9.17) is 0 Å². The fourth-order valence-electron chi connectivity index (χ4n) is 6.24. The van der Waals surface area contributed by atoms with Crippen LogP contribution < -0.4 is 0 Å². The highest BCUT2D eigenvalue weighted by molar-refractivity contribution is 5.87. The number of benzene rings is 2. The van der Waals surface area contributed by atoms with Crippen LogP contribution in [0.25, 0.3) is 10.9 Å². The number of rotatable bonds is 3. The quantitative estimate of drug-likeness (QED) is 0.725. The third-order valence-corrected chi connectivity index (χ3v) is 7.66. The van der Waals surface area contributed by atoms with Crippen molar-refractivity contribution in [2.45, 2.75) is 38.1 Å². The van der Waals surface area contributed by atoms with Crippen LogP contribution in [0, 0.1) is 5.41 Å². The normalized spacial score (nSPS) is 26.8. The van der Waals surface area contributed by atoms with Crippen LogP contribution in [0.5, 0.6) is 0 Å². The van der Waals surface area contributed by atoms with Crippen LogP contribution in [0.4, 0.5) is 0 Å². The van der Waals surface area contributed by atoms with E-state index in [0.717, 1.165) is 31.5 Å². The Bertz CT molecular complexity index is 1090. The molecule has 0 unspecified atom stereocenters. The van der Waals surface area contributed by atoms with Crippen molar-refractivity contribution in [3.8, 4) is 0 Å². The first-order valence-electron chi connectivity index (χ1n) is 10.6. The van der Waals surface area contributed by atoms with Gasteiger partial charge >= 0.3 is 5.97 Å². The Kier molecular flexibility index (Phi) is 4.11. The molecule has 29 heavy (non-hydrogen) atoms. The molecule has 0 spiro atoms. The largest absolute Gasteiger partial charge is 0.481 e. The van der Waals surface area contributed by atoms with Crippen molar-refractivity contribution in [1.82, 2.24) is 9.47 Å². The first-order valence-corrected chi connectivity index (χ1v) is 10.6. The lowest BCUT2D eigenvalue weighted by Crippen LogP contribution is -2.65. The van der Waals surface area contributed by atoms with Gasteiger partial charge in [0, 0.05) is 30.2 Å². The fraction of sp³-hybridized carbons (Fsp3) is 0.400. The topological polar surface area (TPSA) is 45.5 Å². The molecule has 3 heterocycles.